The third-order valence-electron chi connectivity index (χ3n) is 4.16. The summed E-state index contributed by atoms with van der Waals surface area (Å²) < 4.78 is 5.64. The Bertz CT molecular complexity index is 385. The van der Waals surface area contributed by atoms with Crippen molar-refractivity contribution in [2.24, 2.45) is 5.92 Å². The Balaban J connectivity index is 1.82. The Morgan fingerprint density at radius 2 is 2.05 bits per heavy atom. The van der Waals surface area contributed by atoms with E-state index >= 15 is 0 Å². The molecule has 0 bridgehead atoms. The van der Waals surface area contributed by atoms with Gasteiger partial charge >= 0.3 is 0 Å². The molecule has 1 aliphatic heterocycles. The molecule has 21 heavy (non-hydrogen) atoms. The minimum atomic E-state index is 0.801. The largest absolute Gasteiger partial charge is 0.494 e. The van der Waals surface area contributed by atoms with Gasteiger partial charge in [-0.25, -0.2) is 0 Å². The Morgan fingerprint density at radius 3 is 2.67 bits per heavy atom. The van der Waals surface area contributed by atoms with Crippen molar-refractivity contribution >= 4 is 0 Å². The van der Waals surface area contributed by atoms with Gasteiger partial charge in [0.15, 0.2) is 0 Å². The van der Waals surface area contributed by atoms with Crippen LogP contribution >= 0.6 is 0 Å². The first-order valence-electron chi connectivity index (χ1n) is 8.46. The molecule has 0 saturated carbocycles. The van der Waals surface area contributed by atoms with Crippen LogP contribution in [0.4, 0.5) is 0 Å². The zero-order valence-electron chi connectivity index (χ0n) is 13.6. The normalized spacial score (nSPS) is 18.9. The van der Waals surface area contributed by atoms with Gasteiger partial charge in [-0.15, -0.1) is 0 Å². The molecule has 0 spiro atoms. The van der Waals surface area contributed by atoms with Crippen molar-refractivity contribution in [2.75, 3.05) is 32.8 Å². The SMILES string of the molecule is CCCOc1ccc(CN(CC)CC2CCCNC2)cc1. The Hall–Kier alpha value is -1.06. The average Bonchev–Trinajstić information content (AvgIpc) is 2.54. The lowest BCUT2D eigenvalue weighted by atomic mass is 9.99. The molecule has 118 valence electrons. The van der Waals surface area contributed by atoms with Gasteiger partial charge in [0, 0.05) is 13.1 Å². The van der Waals surface area contributed by atoms with Crippen molar-refractivity contribution in [1.29, 1.82) is 0 Å². The van der Waals surface area contributed by atoms with Crippen LogP contribution in [0.25, 0.3) is 0 Å². The van der Waals surface area contributed by atoms with Crippen molar-refractivity contribution in [3.63, 3.8) is 0 Å². The van der Waals surface area contributed by atoms with Gasteiger partial charge in [-0.1, -0.05) is 26.0 Å². The number of piperidine rings is 1. The van der Waals surface area contributed by atoms with Gasteiger partial charge in [0.2, 0.25) is 0 Å². The van der Waals surface area contributed by atoms with E-state index in [1.807, 2.05) is 0 Å². The molecule has 3 heteroatoms. The van der Waals surface area contributed by atoms with Crippen molar-refractivity contribution in [3.05, 3.63) is 29.8 Å². The van der Waals surface area contributed by atoms with Crippen molar-refractivity contribution in [2.45, 2.75) is 39.7 Å². The summed E-state index contributed by atoms with van der Waals surface area (Å²) in [4.78, 5) is 2.56. The van der Waals surface area contributed by atoms with Crippen LogP contribution in [-0.4, -0.2) is 37.7 Å². The summed E-state index contributed by atoms with van der Waals surface area (Å²) in [6, 6.07) is 8.60. The molecule has 1 N–H and O–H groups in total. The molecule has 1 fully saturated rings. The maximum absolute atomic E-state index is 5.64. The number of nitrogens with zero attached hydrogens (tertiary/aromatic N) is 1. The molecular weight excluding hydrogens is 260 g/mol. The highest BCUT2D eigenvalue weighted by Gasteiger charge is 2.16. The number of nitrogens with one attached hydrogen (secondary N) is 1. The number of ether oxygens (including phenoxy) is 1. The highest BCUT2D eigenvalue weighted by atomic mass is 16.5. The minimum absolute atomic E-state index is 0.801. The highest BCUT2D eigenvalue weighted by Crippen LogP contribution is 2.16. The van der Waals surface area contributed by atoms with E-state index < -0.39 is 0 Å². The Labute approximate surface area is 129 Å². The summed E-state index contributed by atoms with van der Waals surface area (Å²) in [6.07, 6.45) is 3.75. The molecule has 1 atom stereocenters. The molecule has 0 aliphatic carbocycles. The van der Waals surface area contributed by atoms with Gasteiger partial charge < -0.3 is 10.1 Å². The molecule has 1 aliphatic rings. The van der Waals surface area contributed by atoms with Crippen LogP contribution in [0.3, 0.4) is 0 Å². The number of rotatable bonds is 8. The van der Waals surface area contributed by atoms with E-state index in [-0.39, 0.29) is 0 Å². The first kappa shape index (κ1) is 16.3. The molecule has 0 amide bonds. The van der Waals surface area contributed by atoms with Gasteiger partial charge in [-0.05, 0) is 62.5 Å². The second kappa shape index (κ2) is 9.06. The van der Waals surface area contributed by atoms with E-state index in [4.69, 9.17) is 4.74 Å². The maximum atomic E-state index is 5.64. The zero-order chi connectivity index (χ0) is 14.9. The third-order valence-corrected chi connectivity index (χ3v) is 4.16. The molecule has 3 nitrogen and oxygen atoms in total. The summed E-state index contributed by atoms with van der Waals surface area (Å²) in [6.45, 7) is 10.9. The topological polar surface area (TPSA) is 24.5 Å². The number of hydrogen-bond acceptors (Lipinski definition) is 3. The predicted molar refractivity (Wildman–Crippen MR) is 88.8 cm³/mol. The smallest absolute Gasteiger partial charge is 0.119 e. The molecule has 1 heterocycles. The summed E-state index contributed by atoms with van der Waals surface area (Å²) in [7, 11) is 0. The molecule has 0 aromatic heterocycles. The zero-order valence-corrected chi connectivity index (χ0v) is 13.6. The summed E-state index contributed by atoms with van der Waals surface area (Å²) in [5.74, 6) is 1.80. The lowest BCUT2D eigenvalue weighted by molar-refractivity contribution is 0.209. The first-order chi connectivity index (χ1) is 10.3. The fourth-order valence-electron chi connectivity index (χ4n) is 2.92. The second-order valence-electron chi connectivity index (χ2n) is 6.03. The van der Waals surface area contributed by atoms with Crippen molar-refractivity contribution in [1.82, 2.24) is 10.2 Å². The van der Waals surface area contributed by atoms with E-state index in [1.54, 1.807) is 0 Å². The molecule has 1 saturated heterocycles. The van der Waals surface area contributed by atoms with Crippen LogP contribution in [0.2, 0.25) is 0 Å². The molecular formula is C18H30N2O. The number of benzene rings is 1. The van der Waals surface area contributed by atoms with E-state index in [1.165, 1.54) is 38.0 Å². The van der Waals surface area contributed by atoms with Crippen LogP contribution in [0, 0.1) is 5.92 Å². The van der Waals surface area contributed by atoms with Gasteiger partial charge in [0.05, 0.1) is 6.61 Å². The fraction of sp³-hybridized carbons (Fsp3) is 0.667. The molecule has 1 aromatic carbocycles. The Morgan fingerprint density at radius 1 is 1.24 bits per heavy atom. The average molecular weight is 290 g/mol. The van der Waals surface area contributed by atoms with Crippen molar-refractivity contribution in [3.8, 4) is 5.75 Å². The number of hydrogen-bond donors (Lipinski definition) is 1. The van der Waals surface area contributed by atoms with Crippen LogP contribution in [0.1, 0.15) is 38.7 Å². The molecule has 1 unspecified atom stereocenters. The lowest BCUT2D eigenvalue weighted by Gasteiger charge is -2.29. The van der Waals surface area contributed by atoms with Gasteiger partial charge in [0.1, 0.15) is 5.75 Å². The minimum Gasteiger partial charge on any atom is -0.494 e. The van der Waals surface area contributed by atoms with Crippen LogP contribution in [-0.2, 0) is 6.54 Å². The standard InChI is InChI=1S/C18H30N2O/c1-3-12-21-18-9-7-16(8-10-18)14-20(4-2)15-17-6-5-11-19-13-17/h7-10,17,19H,3-6,11-15H2,1-2H3. The van der Waals surface area contributed by atoms with E-state index in [2.05, 4.69) is 48.3 Å². The second-order valence-corrected chi connectivity index (χ2v) is 6.03. The summed E-state index contributed by atoms with van der Waals surface area (Å²) in [5.41, 5.74) is 1.38. The van der Waals surface area contributed by atoms with Gasteiger partial charge in [-0.2, -0.15) is 0 Å². The van der Waals surface area contributed by atoms with Crippen LogP contribution in [0.15, 0.2) is 24.3 Å². The molecule has 1 aromatic rings. The quantitative estimate of drug-likeness (QED) is 0.795. The monoisotopic (exact) mass is 290 g/mol. The lowest BCUT2D eigenvalue weighted by Crippen LogP contribution is -2.38. The third kappa shape index (κ3) is 5.68. The van der Waals surface area contributed by atoms with Gasteiger partial charge in [0.25, 0.3) is 0 Å². The van der Waals surface area contributed by atoms with Crippen LogP contribution in [0.5, 0.6) is 5.75 Å². The van der Waals surface area contributed by atoms with Gasteiger partial charge in [-0.3, -0.25) is 4.90 Å². The maximum Gasteiger partial charge on any atom is 0.119 e. The first-order valence-corrected chi connectivity index (χ1v) is 8.46. The van der Waals surface area contributed by atoms with E-state index in [0.29, 0.717) is 0 Å². The Kier molecular flexibility index (Phi) is 7.04. The fourth-order valence-corrected chi connectivity index (χ4v) is 2.92. The van der Waals surface area contributed by atoms with Crippen molar-refractivity contribution < 1.29 is 4.74 Å². The van der Waals surface area contributed by atoms with Crippen LogP contribution < -0.4 is 10.1 Å². The van der Waals surface area contributed by atoms with E-state index in [9.17, 15) is 0 Å². The molecule has 0 radical (unpaired) electrons. The van der Waals surface area contributed by atoms with E-state index in [0.717, 1.165) is 37.8 Å². The summed E-state index contributed by atoms with van der Waals surface area (Å²) in [5, 5.41) is 3.51. The highest BCUT2D eigenvalue weighted by molar-refractivity contribution is 5.27. The summed E-state index contributed by atoms with van der Waals surface area (Å²) >= 11 is 0. The molecule has 2 rings (SSSR count). The predicted octanol–water partition coefficient (Wildman–Crippen LogP) is 3.30.